The zero-order valence-electron chi connectivity index (χ0n) is 21.6. The smallest absolute Gasteiger partial charge is 0.408 e. The van der Waals surface area contributed by atoms with Crippen molar-refractivity contribution in [3.05, 3.63) is 70.3 Å². The number of halogens is 1. The molecule has 0 aromatic heterocycles. The average Bonchev–Trinajstić information content (AvgIpc) is 3.29. The molecule has 3 unspecified atom stereocenters. The van der Waals surface area contributed by atoms with Gasteiger partial charge in [0, 0.05) is 34.5 Å². The molecule has 2 fully saturated rings. The van der Waals surface area contributed by atoms with Gasteiger partial charge in [-0.3, -0.25) is 9.69 Å². The van der Waals surface area contributed by atoms with E-state index in [-0.39, 0.29) is 22.8 Å². The summed E-state index contributed by atoms with van der Waals surface area (Å²) in [4.78, 5) is 29.2. The molecule has 8 heteroatoms. The number of amides is 1. The van der Waals surface area contributed by atoms with Gasteiger partial charge in [-0.15, -0.1) is 0 Å². The summed E-state index contributed by atoms with van der Waals surface area (Å²) in [5.41, 5.74) is 1.60. The van der Waals surface area contributed by atoms with E-state index in [0.29, 0.717) is 29.2 Å². The molecule has 1 amide bonds. The Kier molecular flexibility index (Phi) is 5.21. The van der Waals surface area contributed by atoms with Gasteiger partial charge in [0.2, 0.25) is 0 Å². The number of likely N-dealkylation sites (N-methyl/N-ethyl adjacent to an activating group) is 1. The normalized spacial score (nSPS) is 35.9. The first-order valence-electron chi connectivity index (χ1n) is 13.4. The van der Waals surface area contributed by atoms with Crippen LogP contribution >= 0.6 is 11.6 Å². The number of rotatable bonds is 4. The largest absolute Gasteiger partial charge is 0.493 e. The Balaban J connectivity index is 1.20. The van der Waals surface area contributed by atoms with E-state index in [1.54, 1.807) is 13.2 Å². The van der Waals surface area contributed by atoms with Gasteiger partial charge < -0.3 is 19.5 Å². The van der Waals surface area contributed by atoms with Gasteiger partial charge in [-0.05, 0) is 62.9 Å². The predicted octanol–water partition coefficient (Wildman–Crippen LogP) is 4.99. The van der Waals surface area contributed by atoms with Crippen molar-refractivity contribution in [1.82, 2.24) is 10.2 Å². The van der Waals surface area contributed by atoms with Crippen LogP contribution in [0.5, 0.6) is 11.5 Å². The molecule has 7 rings (SSSR count). The molecule has 2 aromatic carbocycles. The van der Waals surface area contributed by atoms with Crippen molar-refractivity contribution in [3.63, 3.8) is 0 Å². The first-order chi connectivity index (χ1) is 18.3. The third-order valence-corrected chi connectivity index (χ3v) is 9.87. The molecule has 2 heterocycles. The summed E-state index contributed by atoms with van der Waals surface area (Å²) in [6, 6.07) is 11.4. The first-order valence-corrected chi connectivity index (χ1v) is 13.8. The Morgan fingerprint density at radius 2 is 2.00 bits per heavy atom. The molecule has 1 N–H and O–H groups in total. The summed E-state index contributed by atoms with van der Waals surface area (Å²) in [5, 5.41) is 3.43. The van der Waals surface area contributed by atoms with Gasteiger partial charge in [-0.1, -0.05) is 41.9 Å². The topological polar surface area (TPSA) is 76.9 Å². The Bertz CT molecular complexity index is 1390. The number of nitrogens with one attached hydrogen (secondary N) is 1. The van der Waals surface area contributed by atoms with Gasteiger partial charge in [0.15, 0.2) is 23.4 Å². The highest BCUT2D eigenvalue weighted by Gasteiger charge is 2.69. The second kappa shape index (κ2) is 8.23. The fourth-order valence-electron chi connectivity index (χ4n) is 7.68. The number of alkyl carbamates (subject to hydrolysis) is 1. The molecule has 0 bridgehead atoms. The molecule has 1 saturated heterocycles. The lowest BCUT2D eigenvalue weighted by Crippen LogP contribution is -2.55. The van der Waals surface area contributed by atoms with E-state index in [9.17, 15) is 9.59 Å². The van der Waals surface area contributed by atoms with Crippen LogP contribution in [0.1, 0.15) is 55.2 Å². The van der Waals surface area contributed by atoms with E-state index < -0.39 is 17.7 Å². The Morgan fingerprint density at radius 3 is 2.74 bits per heavy atom. The van der Waals surface area contributed by atoms with Crippen molar-refractivity contribution in [2.45, 2.75) is 67.2 Å². The van der Waals surface area contributed by atoms with Gasteiger partial charge >= 0.3 is 6.09 Å². The van der Waals surface area contributed by atoms with Gasteiger partial charge in [0.1, 0.15) is 11.6 Å². The highest BCUT2D eigenvalue weighted by Crippen LogP contribution is 2.68. The minimum absolute atomic E-state index is 0.000985. The second-order valence-electron chi connectivity index (χ2n) is 11.4. The van der Waals surface area contributed by atoms with Crippen LogP contribution in [0, 0.1) is 0 Å². The summed E-state index contributed by atoms with van der Waals surface area (Å²) >= 11 is 6.54. The minimum Gasteiger partial charge on any atom is -0.493 e. The molecule has 7 nitrogen and oxygen atoms in total. The van der Waals surface area contributed by atoms with E-state index in [2.05, 4.69) is 29.4 Å². The number of hydrogen-bond acceptors (Lipinski definition) is 6. The number of ether oxygens (including phenoxy) is 3. The standard InChI is InChI=1S/C30H31ClN2O5/c1-33-17-29(33)16-28-14-7-10-22(26(28)38-25-21(36-2)13-12-19(29)24(25)28)37-27(35)32-30(15-6-5-11-23(30)34)18-8-3-4-9-20(18)31/h3-4,7-10,12-13,22,26H,5-6,11,14-17H2,1-2H3,(H,32,35)/t22-,26-,28+,29?,30?,33?/m0/s1. The maximum Gasteiger partial charge on any atom is 0.408 e. The lowest BCUT2D eigenvalue weighted by atomic mass is 9.70. The fraction of sp³-hybridized carbons (Fsp3) is 0.467. The van der Waals surface area contributed by atoms with Crippen LogP contribution in [-0.2, 0) is 26.0 Å². The summed E-state index contributed by atoms with van der Waals surface area (Å²) in [6.45, 7) is 0.998. The Morgan fingerprint density at radius 1 is 1.18 bits per heavy atom. The number of methoxy groups -OCH3 is 1. The lowest BCUT2D eigenvalue weighted by Gasteiger charge is -2.40. The van der Waals surface area contributed by atoms with Crippen LogP contribution in [-0.4, -0.2) is 49.7 Å². The maximum absolute atomic E-state index is 13.5. The number of ketones is 1. The summed E-state index contributed by atoms with van der Waals surface area (Å²) in [6.07, 6.45) is 6.57. The van der Waals surface area contributed by atoms with E-state index >= 15 is 0 Å². The number of nitrogens with zero attached hydrogens (tertiary/aromatic N) is 1. The van der Waals surface area contributed by atoms with E-state index in [4.69, 9.17) is 25.8 Å². The SMILES string of the molecule is COc1ccc2c3c1O[C@H]1[C@@H](OC(=O)NC4(c5ccccc5Cl)CCCCC4=O)C=CC[C@@]31CC21CN1C. The van der Waals surface area contributed by atoms with Crippen molar-refractivity contribution < 1.29 is 23.8 Å². The molecule has 3 aliphatic carbocycles. The molecular formula is C30H31ClN2O5. The van der Waals surface area contributed by atoms with Gasteiger partial charge in [-0.25, -0.2) is 4.79 Å². The van der Waals surface area contributed by atoms with Crippen molar-refractivity contribution in [2.75, 3.05) is 20.7 Å². The molecule has 0 radical (unpaired) electrons. The van der Waals surface area contributed by atoms with E-state index in [0.717, 1.165) is 38.0 Å². The van der Waals surface area contributed by atoms with Gasteiger partial charge in [0.25, 0.3) is 0 Å². The molecule has 198 valence electrons. The van der Waals surface area contributed by atoms with Crippen LogP contribution in [0.25, 0.3) is 0 Å². The number of hydrogen-bond donors (Lipinski definition) is 1. The molecule has 2 spiro atoms. The highest BCUT2D eigenvalue weighted by atomic mass is 35.5. The number of benzene rings is 2. The molecule has 38 heavy (non-hydrogen) atoms. The summed E-state index contributed by atoms with van der Waals surface area (Å²) < 4.78 is 18.4. The zero-order valence-corrected chi connectivity index (χ0v) is 22.3. The van der Waals surface area contributed by atoms with Crippen LogP contribution in [0.15, 0.2) is 48.6 Å². The number of allylic oxidation sites excluding steroid dienone is 1. The monoisotopic (exact) mass is 534 g/mol. The summed E-state index contributed by atoms with van der Waals surface area (Å²) in [5.74, 6) is 1.42. The average molecular weight is 535 g/mol. The molecule has 2 aliphatic heterocycles. The third kappa shape index (κ3) is 3.12. The number of fused-ring (bicyclic) bond motifs is 1. The quantitative estimate of drug-likeness (QED) is 0.440. The van der Waals surface area contributed by atoms with Crippen LogP contribution in [0.4, 0.5) is 4.79 Å². The third-order valence-electron chi connectivity index (χ3n) is 9.54. The maximum atomic E-state index is 13.5. The molecule has 2 aromatic rings. The van der Waals surface area contributed by atoms with Crippen LogP contribution in [0.3, 0.4) is 0 Å². The van der Waals surface area contributed by atoms with E-state index in [1.165, 1.54) is 11.1 Å². The van der Waals surface area contributed by atoms with Crippen molar-refractivity contribution in [1.29, 1.82) is 0 Å². The molecule has 5 aliphatic rings. The van der Waals surface area contributed by atoms with E-state index in [1.807, 2.05) is 30.3 Å². The molecule has 1 saturated carbocycles. The van der Waals surface area contributed by atoms with Crippen molar-refractivity contribution in [3.8, 4) is 11.5 Å². The Hall–Kier alpha value is -3.03. The molecule has 6 atom stereocenters. The van der Waals surface area contributed by atoms with Crippen LogP contribution in [0.2, 0.25) is 5.02 Å². The number of carbonyl (C=O) groups excluding carboxylic acids is 2. The van der Waals surface area contributed by atoms with Crippen LogP contribution < -0.4 is 14.8 Å². The van der Waals surface area contributed by atoms with Crippen molar-refractivity contribution in [2.24, 2.45) is 0 Å². The lowest BCUT2D eigenvalue weighted by molar-refractivity contribution is -0.128. The fourth-order valence-corrected chi connectivity index (χ4v) is 7.98. The second-order valence-corrected chi connectivity index (χ2v) is 11.8. The summed E-state index contributed by atoms with van der Waals surface area (Å²) in [7, 11) is 3.80. The Labute approximate surface area is 227 Å². The predicted molar refractivity (Wildman–Crippen MR) is 142 cm³/mol. The first kappa shape index (κ1) is 24.0. The molecular weight excluding hydrogens is 504 g/mol. The van der Waals surface area contributed by atoms with Gasteiger partial charge in [-0.2, -0.15) is 0 Å². The number of Topliss-reactive ketones (excluding diaryl/α,β-unsaturated/α-hetero) is 1. The minimum atomic E-state index is -1.20. The van der Waals surface area contributed by atoms with Crippen molar-refractivity contribution >= 4 is 23.5 Å². The zero-order chi connectivity index (χ0) is 26.3. The van der Waals surface area contributed by atoms with Gasteiger partial charge in [0.05, 0.1) is 12.6 Å². The highest BCUT2D eigenvalue weighted by molar-refractivity contribution is 6.31. The number of carbonyl (C=O) groups is 2.